The van der Waals surface area contributed by atoms with Crippen LogP contribution in [-0.2, 0) is 4.74 Å². The molecule has 29 heavy (non-hydrogen) atoms. The first-order valence-corrected chi connectivity index (χ1v) is 9.89. The van der Waals surface area contributed by atoms with E-state index in [1.165, 1.54) is 6.20 Å². The third-order valence-electron chi connectivity index (χ3n) is 5.85. The average molecular weight is 414 g/mol. The molecular weight excluding hydrogens is 394 g/mol. The molecule has 2 saturated heterocycles. The number of H-pyrrole nitrogens is 1. The van der Waals surface area contributed by atoms with Crippen LogP contribution < -0.4 is 9.64 Å². The van der Waals surface area contributed by atoms with E-state index in [0.29, 0.717) is 33.3 Å². The maximum Gasteiger partial charge on any atom is 0.337 e. The Morgan fingerprint density at radius 1 is 1.34 bits per heavy atom. The largest absolute Gasteiger partial charge is 0.480 e. The van der Waals surface area contributed by atoms with E-state index in [1.54, 1.807) is 19.2 Å². The number of carbonyl (C=O) groups is 1. The van der Waals surface area contributed by atoms with Gasteiger partial charge < -0.3 is 24.5 Å². The number of aromatic nitrogens is 2. The minimum atomic E-state index is -0.994. The van der Waals surface area contributed by atoms with Crippen LogP contribution in [0.4, 0.5) is 5.82 Å². The molecule has 2 aliphatic rings. The second-order valence-electron chi connectivity index (χ2n) is 7.47. The van der Waals surface area contributed by atoms with Crippen molar-refractivity contribution in [3.05, 3.63) is 41.0 Å². The van der Waals surface area contributed by atoms with Crippen LogP contribution in [0.5, 0.6) is 5.88 Å². The number of aromatic amines is 1. The quantitative estimate of drug-likeness (QED) is 0.676. The zero-order valence-electron chi connectivity index (χ0n) is 15.8. The summed E-state index contributed by atoms with van der Waals surface area (Å²) in [6.07, 6.45) is 2.84. The Balaban J connectivity index is 1.55. The first-order chi connectivity index (χ1) is 14.0. The highest BCUT2D eigenvalue weighted by atomic mass is 35.5. The van der Waals surface area contributed by atoms with E-state index >= 15 is 0 Å². The summed E-state index contributed by atoms with van der Waals surface area (Å²) in [5.41, 5.74) is 2.27. The molecule has 2 aliphatic heterocycles. The SMILES string of the molecule is COc1nc(N2C[C@@H]3CCO[C@@H]3C2)ccc1-c1cc2c(C(=O)O)c[nH]c2cc1Cl. The Morgan fingerprint density at radius 3 is 2.97 bits per heavy atom. The predicted molar refractivity (Wildman–Crippen MR) is 110 cm³/mol. The van der Waals surface area contributed by atoms with Gasteiger partial charge in [-0.1, -0.05) is 11.6 Å². The number of halogens is 1. The summed E-state index contributed by atoms with van der Waals surface area (Å²) in [6, 6.07) is 7.38. The van der Waals surface area contributed by atoms with Gasteiger partial charge in [-0.2, -0.15) is 4.98 Å². The highest BCUT2D eigenvalue weighted by Crippen LogP contribution is 2.39. The third kappa shape index (κ3) is 3.01. The van der Waals surface area contributed by atoms with E-state index in [9.17, 15) is 9.90 Å². The number of rotatable bonds is 4. The number of nitrogens with one attached hydrogen (secondary N) is 1. The van der Waals surface area contributed by atoms with Gasteiger partial charge in [-0.05, 0) is 30.7 Å². The second-order valence-corrected chi connectivity index (χ2v) is 7.88. The summed E-state index contributed by atoms with van der Waals surface area (Å²) in [6.45, 7) is 2.60. The minimum absolute atomic E-state index is 0.199. The van der Waals surface area contributed by atoms with Crippen LogP contribution in [0.3, 0.4) is 0 Å². The van der Waals surface area contributed by atoms with Crippen molar-refractivity contribution in [3.8, 4) is 17.0 Å². The van der Waals surface area contributed by atoms with Gasteiger partial charge in [0.1, 0.15) is 5.82 Å². The number of ether oxygens (including phenoxy) is 2. The van der Waals surface area contributed by atoms with Crippen LogP contribution in [-0.4, -0.2) is 54.0 Å². The maximum atomic E-state index is 11.5. The Kier molecular flexibility index (Phi) is 4.37. The van der Waals surface area contributed by atoms with Crippen molar-refractivity contribution in [2.75, 3.05) is 31.7 Å². The monoisotopic (exact) mass is 413 g/mol. The molecule has 5 rings (SSSR count). The lowest BCUT2D eigenvalue weighted by Crippen LogP contribution is -2.23. The molecular formula is C21H20ClN3O4. The third-order valence-corrected chi connectivity index (χ3v) is 6.17. The molecule has 150 valence electrons. The zero-order valence-corrected chi connectivity index (χ0v) is 16.6. The molecule has 3 aromatic rings. The topological polar surface area (TPSA) is 87.7 Å². The first-order valence-electron chi connectivity index (χ1n) is 9.51. The number of aromatic carboxylic acids is 1. The molecule has 1 aromatic carbocycles. The number of fused-ring (bicyclic) bond motifs is 2. The van der Waals surface area contributed by atoms with Gasteiger partial charge in [0.2, 0.25) is 5.88 Å². The van der Waals surface area contributed by atoms with Gasteiger partial charge in [-0.3, -0.25) is 0 Å². The molecule has 0 amide bonds. The second kappa shape index (κ2) is 6.93. The Hall–Kier alpha value is -2.77. The molecule has 7 nitrogen and oxygen atoms in total. The van der Waals surface area contributed by atoms with Gasteiger partial charge in [0.25, 0.3) is 0 Å². The number of benzene rings is 1. The predicted octanol–water partition coefficient (Wildman–Crippen LogP) is 3.82. The number of nitrogens with zero attached hydrogens (tertiary/aromatic N) is 2. The van der Waals surface area contributed by atoms with E-state index in [2.05, 4.69) is 9.88 Å². The van der Waals surface area contributed by atoms with Crippen LogP contribution in [0, 0.1) is 5.92 Å². The van der Waals surface area contributed by atoms with E-state index in [0.717, 1.165) is 37.5 Å². The lowest BCUT2D eigenvalue weighted by atomic mass is 10.0. The van der Waals surface area contributed by atoms with Gasteiger partial charge in [0.15, 0.2) is 0 Å². The summed E-state index contributed by atoms with van der Waals surface area (Å²) in [7, 11) is 1.57. The van der Waals surface area contributed by atoms with Crippen molar-refractivity contribution in [2.24, 2.45) is 5.92 Å². The van der Waals surface area contributed by atoms with E-state index in [4.69, 9.17) is 26.1 Å². The van der Waals surface area contributed by atoms with Gasteiger partial charge >= 0.3 is 5.97 Å². The number of carboxylic acid groups (broad SMARTS) is 1. The summed E-state index contributed by atoms with van der Waals surface area (Å²) < 4.78 is 11.4. The van der Waals surface area contributed by atoms with Crippen LogP contribution in [0.25, 0.3) is 22.0 Å². The molecule has 0 saturated carbocycles. The highest BCUT2D eigenvalue weighted by Gasteiger charge is 2.38. The van der Waals surface area contributed by atoms with Gasteiger partial charge in [-0.15, -0.1) is 0 Å². The van der Waals surface area contributed by atoms with E-state index < -0.39 is 5.97 Å². The smallest absolute Gasteiger partial charge is 0.337 e. The molecule has 4 heterocycles. The molecule has 0 unspecified atom stereocenters. The molecule has 2 aromatic heterocycles. The fourth-order valence-electron chi connectivity index (χ4n) is 4.36. The summed E-state index contributed by atoms with van der Waals surface area (Å²) >= 11 is 6.51. The van der Waals surface area contributed by atoms with Crippen LogP contribution in [0.1, 0.15) is 16.8 Å². The summed E-state index contributed by atoms with van der Waals surface area (Å²) in [4.78, 5) is 21.4. The molecule has 2 N–H and O–H groups in total. The van der Waals surface area contributed by atoms with Crippen LogP contribution >= 0.6 is 11.6 Å². The summed E-state index contributed by atoms with van der Waals surface area (Å²) in [5.74, 6) is 0.858. The number of methoxy groups -OCH3 is 1. The van der Waals surface area contributed by atoms with Gasteiger partial charge in [0, 0.05) is 53.8 Å². The van der Waals surface area contributed by atoms with Crippen molar-refractivity contribution in [3.63, 3.8) is 0 Å². The highest BCUT2D eigenvalue weighted by molar-refractivity contribution is 6.34. The lowest BCUT2D eigenvalue weighted by Gasteiger charge is -2.20. The van der Waals surface area contributed by atoms with E-state index in [1.807, 2.05) is 12.1 Å². The van der Waals surface area contributed by atoms with Crippen molar-refractivity contribution < 1.29 is 19.4 Å². The first kappa shape index (κ1) is 18.3. The number of hydrogen-bond acceptors (Lipinski definition) is 5. The molecule has 0 radical (unpaired) electrons. The summed E-state index contributed by atoms with van der Waals surface area (Å²) in [5, 5.41) is 10.5. The lowest BCUT2D eigenvalue weighted by molar-refractivity contribution is 0.0699. The van der Waals surface area contributed by atoms with Gasteiger partial charge in [0.05, 0.1) is 23.8 Å². The van der Waals surface area contributed by atoms with E-state index in [-0.39, 0.29) is 11.7 Å². The number of anilines is 1. The number of pyridine rings is 1. The zero-order chi connectivity index (χ0) is 20.1. The van der Waals surface area contributed by atoms with Gasteiger partial charge in [-0.25, -0.2) is 4.79 Å². The Morgan fingerprint density at radius 2 is 2.21 bits per heavy atom. The Labute approximate surface area is 172 Å². The molecule has 0 aliphatic carbocycles. The minimum Gasteiger partial charge on any atom is -0.480 e. The average Bonchev–Trinajstić information content (AvgIpc) is 3.41. The number of carboxylic acids is 1. The van der Waals surface area contributed by atoms with Crippen molar-refractivity contribution in [1.29, 1.82) is 0 Å². The fraction of sp³-hybridized carbons (Fsp3) is 0.333. The standard InChI is InChI=1S/C21H20ClN3O4/c1-28-20-12(2-3-19(24-20)25-9-11-4-5-29-18(11)10-25)13-6-14-15(21(26)27)8-23-17(14)7-16(13)22/h2-3,6-8,11,18,23H,4-5,9-10H2,1H3,(H,26,27)/t11-,18+/m0/s1. The maximum absolute atomic E-state index is 11.5. The van der Waals surface area contributed by atoms with Crippen molar-refractivity contribution in [1.82, 2.24) is 9.97 Å². The van der Waals surface area contributed by atoms with Crippen molar-refractivity contribution >= 4 is 34.3 Å². The number of hydrogen-bond donors (Lipinski definition) is 2. The molecule has 0 spiro atoms. The molecule has 8 heteroatoms. The molecule has 2 fully saturated rings. The van der Waals surface area contributed by atoms with Crippen molar-refractivity contribution in [2.45, 2.75) is 12.5 Å². The Bertz CT molecular complexity index is 1100. The fourth-order valence-corrected chi connectivity index (χ4v) is 4.62. The van der Waals surface area contributed by atoms with Crippen LogP contribution in [0.15, 0.2) is 30.5 Å². The molecule has 0 bridgehead atoms. The molecule has 2 atom stereocenters. The van der Waals surface area contributed by atoms with Crippen LogP contribution in [0.2, 0.25) is 5.02 Å². The normalized spacial score (nSPS) is 21.0.